The van der Waals surface area contributed by atoms with Gasteiger partial charge in [0.15, 0.2) is 5.78 Å². The number of cyclic esters (lactones) is 1. The third-order valence-electron chi connectivity index (χ3n) is 8.16. The van der Waals surface area contributed by atoms with Crippen molar-refractivity contribution in [2.45, 2.75) is 91.1 Å². The van der Waals surface area contributed by atoms with Crippen LogP contribution in [0.4, 0.5) is 9.59 Å². The average Bonchev–Trinajstić information content (AvgIpc) is 3.60. The number of benzene rings is 1. The first-order chi connectivity index (χ1) is 20.9. The molecule has 3 aliphatic heterocycles. The highest BCUT2D eigenvalue weighted by Crippen LogP contribution is 2.30. The number of nitrogens with one attached hydrogen (secondary N) is 1. The van der Waals surface area contributed by atoms with E-state index in [0.717, 1.165) is 35.1 Å². The molecule has 11 heteroatoms. The van der Waals surface area contributed by atoms with Gasteiger partial charge in [0.1, 0.15) is 18.2 Å². The number of carbonyl (C=O) groups excluding carboxylic acids is 5. The predicted octanol–water partition coefficient (Wildman–Crippen LogP) is 4.52. The van der Waals surface area contributed by atoms with Crippen molar-refractivity contribution < 1.29 is 38.2 Å². The second kappa shape index (κ2) is 14.1. The second-order valence-electron chi connectivity index (χ2n) is 12.7. The Morgan fingerprint density at radius 2 is 1.93 bits per heavy atom. The SMILES string of the molecule is COC(=O)[C@@H]1C[C@@H]2CN1C(=O)[C@H](CCC(=O)C=C(C)C)NC(=O)OCC(C)(C)CC/C=C/c1cccc3c1CN(C3)C(=O)O2. The molecule has 0 spiro atoms. The van der Waals surface area contributed by atoms with E-state index in [0.29, 0.717) is 13.1 Å². The Morgan fingerprint density at radius 1 is 1.16 bits per heavy atom. The minimum absolute atomic E-state index is 0.00600. The fourth-order valence-corrected chi connectivity index (χ4v) is 5.78. The van der Waals surface area contributed by atoms with Crippen molar-refractivity contribution >= 4 is 35.9 Å². The summed E-state index contributed by atoms with van der Waals surface area (Å²) >= 11 is 0. The molecule has 3 aliphatic rings. The highest BCUT2D eigenvalue weighted by Gasteiger charge is 2.45. The van der Waals surface area contributed by atoms with Gasteiger partial charge in [-0.2, -0.15) is 0 Å². The van der Waals surface area contributed by atoms with Gasteiger partial charge in [-0.1, -0.05) is 49.8 Å². The lowest BCUT2D eigenvalue weighted by atomic mass is 9.88. The van der Waals surface area contributed by atoms with Gasteiger partial charge in [-0.15, -0.1) is 0 Å². The van der Waals surface area contributed by atoms with Crippen LogP contribution in [0.2, 0.25) is 0 Å². The lowest BCUT2D eigenvalue weighted by Crippen LogP contribution is -2.52. The van der Waals surface area contributed by atoms with Crippen LogP contribution in [0.5, 0.6) is 0 Å². The first kappa shape index (κ1) is 32.8. The van der Waals surface area contributed by atoms with Crippen LogP contribution in [0.3, 0.4) is 0 Å². The van der Waals surface area contributed by atoms with Gasteiger partial charge in [-0.3, -0.25) is 14.5 Å². The van der Waals surface area contributed by atoms with Crippen molar-refractivity contribution in [2.75, 3.05) is 20.3 Å². The number of methoxy groups -OCH3 is 1. The van der Waals surface area contributed by atoms with E-state index in [4.69, 9.17) is 14.2 Å². The molecule has 11 nitrogen and oxygen atoms in total. The van der Waals surface area contributed by atoms with E-state index in [1.54, 1.807) is 18.7 Å². The Kier molecular flexibility index (Phi) is 10.5. The van der Waals surface area contributed by atoms with Gasteiger partial charge in [-0.05, 0) is 61.3 Å². The first-order valence-electron chi connectivity index (χ1n) is 15.1. The molecule has 0 aromatic heterocycles. The molecule has 0 unspecified atom stereocenters. The largest absolute Gasteiger partial charge is 0.467 e. The van der Waals surface area contributed by atoms with Crippen LogP contribution in [0.25, 0.3) is 6.08 Å². The van der Waals surface area contributed by atoms with Crippen molar-refractivity contribution in [3.8, 4) is 0 Å². The molecule has 4 rings (SSSR count). The van der Waals surface area contributed by atoms with Crippen molar-refractivity contribution in [2.24, 2.45) is 5.41 Å². The Hall–Kier alpha value is -4.15. The second-order valence-corrected chi connectivity index (χ2v) is 12.7. The smallest absolute Gasteiger partial charge is 0.410 e. The predicted molar refractivity (Wildman–Crippen MR) is 162 cm³/mol. The maximum Gasteiger partial charge on any atom is 0.410 e. The molecule has 0 saturated carbocycles. The number of ketones is 1. The number of fused-ring (bicyclic) bond motifs is 3. The average molecular weight is 610 g/mol. The van der Waals surface area contributed by atoms with Crippen molar-refractivity contribution in [1.82, 2.24) is 15.1 Å². The number of allylic oxidation sites excluding steroid dienone is 3. The highest BCUT2D eigenvalue weighted by atomic mass is 16.6. The molecular formula is C33H43N3O8. The summed E-state index contributed by atoms with van der Waals surface area (Å²) in [4.78, 5) is 68.2. The van der Waals surface area contributed by atoms with E-state index in [-0.39, 0.29) is 43.6 Å². The standard InChI is InChI=1S/C33H43N3O8/c1-21(2)15-24(37)12-13-27-29(38)36-18-25(16-28(36)30(39)42-5)44-32(41)35-17-23-11-8-10-22(26(23)19-35)9-6-7-14-33(3,4)20-43-31(40)34-27/h6,8-11,15,25,27-28H,7,12-14,16-20H2,1-5H3,(H,34,40)/b9-6+/t25-,27+,28+/m1/s1. The maximum absolute atomic E-state index is 13.9. The van der Waals surface area contributed by atoms with E-state index in [9.17, 15) is 24.0 Å². The monoisotopic (exact) mass is 609 g/mol. The molecule has 1 saturated heterocycles. The number of hydrogen-bond acceptors (Lipinski definition) is 8. The maximum atomic E-state index is 13.9. The van der Waals surface area contributed by atoms with Crippen LogP contribution in [0, 0.1) is 5.41 Å². The number of alkyl carbamates (subject to hydrolysis) is 1. The van der Waals surface area contributed by atoms with Crippen LogP contribution in [0.15, 0.2) is 35.9 Å². The van der Waals surface area contributed by atoms with E-state index in [1.807, 2.05) is 32.0 Å². The van der Waals surface area contributed by atoms with E-state index in [2.05, 4.69) is 17.5 Å². The summed E-state index contributed by atoms with van der Waals surface area (Å²) in [6.07, 6.45) is 5.01. The zero-order valence-electron chi connectivity index (χ0n) is 26.2. The van der Waals surface area contributed by atoms with Gasteiger partial charge in [0.05, 0.1) is 26.8 Å². The third kappa shape index (κ3) is 8.27. The normalized spacial score (nSPS) is 24.5. The quantitative estimate of drug-likeness (QED) is 0.293. The highest BCUT2D eigenvalue weighted by molar-refractivity contribution is 5.93. The Labute approximate surface area is 258 Å². The van der Waals surface area contributed by atoms with Gasteiger partial charge in [0.2, 0.25) is 5.91 Å². The molecule has 1 fully saturated rings. The fraction of sp³-hybridized carbons (Fsp3) is 0.545. The van der Waals surface area contributed by atoms with Crippen molar-refractivity contribution in [1.29, 1.82) is 0 Å². The number of nitrogens with zero attached hydrogens (tertiary/aromatic N) is 2. The molecule has 3 heterocycles. The first-order valence-corrected chi connectivity index (χ1v) is 15.1. The van der Waals surface area contributed by atoms with Crippen LogP contribution >= 0.6 is 0 Å². The summed E-state index contributed by atoms with van der Waals surface area (Å²) in [5.41, 5.74) is 3.58. The molecule has 1 aromatic carbocycles. The number of carbonyl (C=O) groups is 5. The lowest BCUT2D eigenvalue weighted by Gasteiger charge is -2.28. The third-order valence-corrected chi connectivity index (χ3v) is 8.16. The van der Waals surface area contributed by atoms with Gasteiger partial charge < -0.3 is 24.4 Å². The van der Waals surface area contributed by atoms with Gasteiger partial charge in [0.25, 0.3) is 0 Å². The van der Waals surface area contributed by atoms with Crippen LogP contribution in [-0.4, -0.2) is 78.1 Å². The summed E-state index contributed by atoms with van der Waals surface area (Å²) in [6.45, 7) is 8.41. The number of rotatable bonds is 5. The van der Waals surface area contributed by atoms with E-state index >= 15 is 0 Å². The molecule has 44 heavy (non-hydrogen) atoms. The van der Waals surface area contributed by atoms with Crippen molar-refractivity contribution in [3.05, 3.63) is 52.6 Å². The van der Waals surface area contributed by atoms with Crippen molar-refractivity contribution in [3.63, 3.8) is 0 Å². The summed E-state index contributed by atoms with van der Waals surface area (Å²) in [7, 11) is 1.22. The number of amides is 3. The molecule has 4 bridgehead atoms. The fourth-order valence-electron chi connectivity index (χ4n) is 5.78. The number of ether oxygens (including phenoxy) is 3. The number of esters is 1. The molecule has 1 N–H and O–H groups in total. The Bertz CT molecular complexity index is 1350. The molecular weight excluding hydrogens is 566 g/mol. The summed E-state index contributed by atoms with van der Waals surface area (Å²) < 4.78 is 16.3. The molecule has 3 atom stereocenters. The number of hydrogen-bond donors (Lipinski definition) is 1. The van der Waals surface area contributed by atoms with Crippen LogP contribution in [-0.2, 0) is 41.7 Å². The molecule has 3 amide bonds. The molecule has 238 valence electrons. The van der Waals surface area contributed by atoms with Crippen LogP contribution < -0.4 is 5.32 Å². The van der Waals surface area contributed by atoms with E-state index in [1.165, 1.54) is 18.1 Å². The minimum atomic E-state index is -1.15. The lowest BCUT2D eigenvalue weighted by molar-refractivity contribution is -0.151. The summed E-state index contributed by atoms with van der Waals surface area (Å²) in [5, 5.41) is 2.62. The van der Waals surface area contributed by atoms with Gasteiger partial charge in [-0.25, -0.2) is 14.4 Å². The Morgan fingerprint density at radius 3 is 2.66 bits per heavy atom. The van der Waals surface area contributed by atoms with Crippen LogP contribution in [0.1, 0.15) is 76.5 Å². The molecule has 0 radical (unpaired) electrons. The van der Waals surface area contributed by atoms with E-state index < -0.39 is 42.3 Å². The molecule has 0 aliphatic carbocycles. The van der Waals surface area contributed by atoms with Gasteiger partial charge >= 0.3 is 18.2 Å². The zero-order chi connectivity index (χ0) is 32.0. The Balaban J connectivity index is 1.62. The van der Waals surface area contributed by atoms with Gasteiger partial charge in [0, 0.05) is 19.4 Å². The zero-order valence-corrected chi connectivity index (χ0v) is 26.2. The summed E-state index contributed by atoms with van der Waals surface area (Å²) in [5.74, 6) is -1.44. The molecule has 1 aromatic rings. The summed E-state index contributed by atoms with van der Waals surface area (Å²) in [6, 6.07) is 3.79. The topological polar surface area (TPSA) is 132 Å². The minimum Gasteiger partial charge on any atom is -0.467 e.